The van der Waals surface area contributed by atoms with E-state index in [0.29, 0.717) is 6.04 Å². The lowest BCUT2D eigenvalue weighted by molar-refractivity contribution is 0.243. The Labute approximate surface area is 111 Å². The summed E-state index contributed by atoms with van der Waals surface area (Å²) in [5.74, 6) is 0. The highest BCUT2D eigenvalue weighted by atomic mass is 32.1. The molecule has 3 heterocycles. The third-order valence-electron chi connectivity index (χ3n) is 3.30. The molecular formula is C13H16N4S. The Morgan fingerprint density at radius 2 is 2.39 bits per heavy atom. The summed E-state index contributed by atoms with van der Waals surface area (Å²) in [7, 11) is 0. The first-order chi connectivity index (χ1) is 8.83. The van der Waals surface area contributed by atoms with Gasteiger partial charge in [0.1, 0.15) is 5.01 Å². The molecule has 2 aromatic heterocycles. The maximum absolute atomic E-state index is 4.61. The highest BCUT2D eigenvalue weighted by Crippen LogP contribution is 2.32. The van der Waals surface area contributed by atoms with Crippen LogP contribution in [0.15, 0.2) is 24.0 Å². The Kier molecular flexibility index (Phi) is 3.34. The molecule has 1 atom stereocenters. The van der Waals surface area contributed by atoms with Crippen LogP contribution in [0.4, 0.5) is 0 Å². The van der Waals surface area contributed by atoms with E-state index in [-0.39, 0.29) is 0 Å². The minimum absolute atomic E-state index is 0.404. The predicted molar refractivity (Wildman–Crippen MR) is 71.3 cm³/mol. The average Bonchev–Trinajstić information content (AvgIpc) is 3.01. The molecule has 1 aliphatic rings. The third-order valence-corrected chi connectivity index (χ3v) is 4.06. The number of aromatic nitrogens is 3. The van der Waals surface area contributed by atoms with Gasteiger partial charge in [-0.1, -0.05) is 0 Å². The zero-order valence-electron chi connectivity index (χ0n) is 10.4. The summed E-state index contributed by atoms with van der Waals surface area (Å²) < 4.78 is 0. The Morgan fingerprint density at radius 3 is 3.17 bits per heavy atom. The molecule has 0 unspecified atom stereocenters. The van der Waals surface area contributed by atoms with Gasteiger partial charge in [0.25, 0.3) is 0 Å². The Balaban J connectivity index is 1.79. The molecule has 4 nitrogen and oxygen atoms in total. The van der Waals surface area contributed by atoms with Crippen LogP contribution >= 0.6 is 11.3 Å². The molecule has 5 heteroatoms. The van der Waals surface area contributed by atoms with E-state index in [4.69, 9.17) is 0 Å². The van der Waals surface area contributed by atoms with E-state index < -0.39 is 0 Å². The van der Waals surface area contributed by atoms with Crippen LogP contribution < -0.4 is 0 Å². The van der Waals surface area contributed by atoms with Gasteiger partial charge in [0, 0.05) is 24.0 Å². The number of hydrogen-bond donors (Lipinski definition) is 0. The average molecular weight is 260 g/mol. The Morgan fingerprint density at radius 1 is 1.44 bits per heavy atom. The van der Waals surface area contributed by atoms with Crippen LogP contribution in [0.3, 0.4) is 0 Å². The molecule has 18 heavy (non-hydrogen) atoms. The first-order valence-corrected chi connectivity index (χ1v) is 7.12. The molecule has 2 aromatic rings. The molecule has 94 valence electrons. The molecule has 0 bridgehead atoms. The third kappa shape index (κ3) is 2.42. The molecule has 0 N–H and O–H groups in total. The van der Waals surface area contributed by atoms with E-state index in [0.717, 1.165) is 24.5 Å². The van der Waals surface area contributed by atoms with Crippen LogP contribution in [-0.4, -0.2) is 26.4 Å². The molecule has 0 radical (unpaired) electrons. The quantitative estimate of drug-likeness (QED) is 0.850. The monoisotopic (exact) mass is 260 g/mol. The van der Waals surface area contributed by atoms with Gasteiger partial charge in [-0.2, -0.15) is 0 Å². The van der Waals surface area contributed by atoms with Crippen molar-refractivity contribution in [3.63, 3.8) is 0 Å². The van der Waals surface area contributed by atoms with E-state index in [9.17, 15) is 0 Å². The van der Waals surface area contributed by atoms with Gasteiger partial charge in [0.05, 0.1) is 24.0 Å². The summed E-state index contributed by atoms with van der Waals surface area (Å²) in [5.41, 5.74) is 2.10. The molecule has 3 rings (SSSR count). The van der Waals surface area contributed by atoms with Crippen molar-refractivity contribution in [2.75, 3.05) is 6.54 Å². The van der Waals surface area contributed by atoms with Crippen LogP contribution in [-0.2, 0) is 6.54 Å². The first kappa shape index (κ1) is 11.7. The first-order valence-electron chi connectivity index (χ1n) is 6.24. The number of nitrogens with zero attached hydrogens (tertiary/aromatic N) is 4. The summed E-state index contributed by atoms with van der Waals surface area (Å²) in [6.45, 7) is 4.05. The standard InChI is InChI=1S/C13H16N4S/c1-10-7-14-8-11(16-10)12-3-2-5-17(12)9-13-15-4-6-18-13/h4,6-8,12H,2-3,5,9H2,1H3/t12-/m1/s1. The normalized spacial score (nSPS) is 20.4. The van der Waals surface area contributed by atoms with Crippen LogP contribution in [0.25, 0.3) is 0 Å². The Hall–Kier alpha value is -1.33. The van der Waals surface area contributed by atoms with Crippen molar-refractivity contribution < 1.29 is 0 Å². The summed E-state index contributed by atoms with van der Waals surface area (Å²) >= 11 is 1.72. The maximum Gasteiger partial charge on any atom is 0.107 e. The van der Waals surface area contributed by atoms with Crippen molar-refractivity contribution in [1.82, 2.24) is 19.9 Å². The second-order valence-electron chi connectivity index (χ2n) is 4.64. The zero-order chi connectivity index (χ0) is 12.4. The molecule has 0 spiro atoms. The molecule has 0 saturated carbocycles. The summed E-state index contributed by atoms with van der Waals surface area (Å²) in [4.78, 5) is 15.7. The topological polar surface area (TPSA) is 41.9 Å². The summed E-state index contributed by atoms with van der Waals surface area (Å²) in [6, 6.07) is 0.404. The second-order valence-corrected chi connectivity index (χ2v) is 5.62. The number of likely N-dealkylation sites (tertiary alicyclic amines) is 1. The molecule has 0 aliphatic carbocycles. The van der Waals surface area contributed by atoms with Crippen molar-refractivity contribution >= 4 is 11.3 Å². The number of rotatable bonds is 3. The lowest BCUT2D eigenvalue weighted by Crippen LogP contribution is -2.23. The minimum Gasteiger partial charge on any atom is -0.288 e. The predicted octanol–water partition coefficient (Wildman–Crippen LogP) is 2.58. The van der Waals surface area contributed by atoms with E-state index in [1.807, 2.05) is 30.9 Å². The largest absolute Gasteiger partial charge is 0.288 e. The molecule has 1 aliphatic heterocycles. The molecule has 1 fully saturated rings. The van der Waals surface area contributed by atoms with Gasteiger partial charge in [0.15, 0.2) is 0 Å². The maximum atomic E-state index is 4.61. The SMILES string of the molecule is Cc1cncc([C@H]2CCCN2Cc2nccs2)n1. The van der Waals surface area contributed by atoms with E-state index in [1.54, 1.807) is 11.3 Å². The van der Waals surface area contributed by atoms with Gasteiger partial charge < -0.3 is 0 Å². The highest BCUT2D eigenvalue weighted by molar-refractivity contribution is 7.09. The summed E-state index contributed by atoms with van der Waals surface area (Å²) in [5, 5.41) is 3.22. The lowest BCUT2D eigenvalue weighted by atomic mass is 10.1. The minimum atomic E-state index is 0.404. The van der Waals surface area contributed by atoms with Crippen molar-refractivity contribution in [2.24, 2.45) is 0 Å². The summed E-state index contributed by atoms with van der Waals surface area (Å²) in [6.07, 6.45) is 7.98. The van der Waals surface area contributed by atoms with Gasteiger partial charge in [0.2, 0.25) is 0 Å². The highest BCUT2D eigenvalue weighted by Gasteiger charge is 2.27. The smallest absolute Gasteiger partial charge is 0.107 e. The van der Waals surface area contributed by atoms with Gasteiger partial charge in [-0.05, 0) is 26.3 Å². The fourth-order valence-corrected chi connectivity index (χ4v) is 3.14. The number of aryl methyl sites for hydroxylation is 1. The van der Waals surface area contributed by atoms with E-state index >= 15 is 0 Å². The van der Waals surface area contributed by atoms with Crippen molar-refractivity contribution in [3.05, 3.63) is 40.4 Å². The van der Waals surface area contributed by atoms with Crippen molar-refractivity contribution in [1.29, 1.82) is 0 Å². The van der Waals surface area contributed by atoms with Crippen LogP contribution in [0.1, 0.15) is 35.3 Å². The van der Waals surface area contributed by atoms with E-state index in [1.165, 1.54) is 17.8 Å². The Bertz CT molecular complexity index is 511. The lowest BCUT2D eigenvalue weighted by Gasteiger charge is -2.22. The van der Waals surface area contributed by atoms with Crippen LogP contribution in [0.5, 0.6) is 0 Å². The van der Waals surface area contributed by atoms with Gasteiger partial charge in [-0.3, -0.25) is 14.9 Å². The van der Waals surface area contributed by atoms with Crippen molar-refractivity contribution in [3.8, 4) is 0 Å². The number of hydrogen-bond acceptors (Lipinski definition) is 5. The van der Waals surface area contributed by atoms with Crippen LogP contribution in [0, 0.1) is 6.92 Å². The van der Waals surface area contributed by atoms with Crippen molar-refractivity contribution in [2.45, 2.75) is 32.4 Å². The van der Waals surface area contributed by atoms with Gasteiger partial charge >= 0.3 is 0 Å². The van der Waals surface area contributed by atoms with E-state index in [2.05, 4.69) is 19.9 Å². The fraction of sp³-hybridized carbons (Fsp3) is 0.462. The van der Waals surface area contributed by atoms with Gasteiger partial charge in [-0.15, -0.1) is 11.3 Å². The molecule has 0 amide bonds. The van der Waals surface area contributed by atoms with Gasteiger partial charge in [-0.25, -0.2) is 4.98 Å². The second kappa shape index (κ2) is 5.12. The zero-order valence-corrected chi connectivity index (χ0v) is 11.2. The van der Waals surface area contributed by atoms with Crippen LogP contribution in [0.2, 0.25) is 0 Å². The molecule has 0 aromatic carbocycles. The molecular weight excluding hydrogens is 244 g/mol. The fourth-order valence-electron chi connectivity index (χ4n) is 2.50. The number of thiazole rings is 1. The molecule has 1 saturated heterocycles.